The number of carbonyl (C=O) groups is 2. The summed E-state index contributed by atoms with van der Waals surface area (Å²) in [5, 5.41) is 2.39. The summed E-state index contributed by atoms with van der Waals surface area (Å²) < 4.78 is 19.4. The van der Waals surface area contributed by atoms with Crippen molar-refractivity contribution in [3.05, 3.63) is 34.1 Å². The zero-order chi connectivity index (χ0) is 15.6. The van der Waals surface area contributed by atoms with Crippen LogP contribution >= 0.6 is 15.9 Å². The van der Waals surface area contributed by atoms with Gasteiger partial charge in [0.25, 0.3) is 0 Å². The van der Waals surface area contributed by atoms with Gasteiger partial charge >= 0.3 is 6.09 Å². The molecule has 0 heterocycles. The Labute approximate surface area is 125 Å². The zero-order valence-corrected chi connectivity index (χ0v) is 13.4. The summed E-state index contributed by atoms with van der Waals surface area (Å²) in [4.78, 5) is 23.1. The number of alkyl carbamates (subject to hydrolysis) is 1. The lowest BCUT2D eigenvalue weighted by atomic mass is 9.93. The number of halogens is 2. The predicted octanol–water partition coefficient (Wildman–Crippen LogP) is 3.53. The molecule has 110 valence electrons. The van der Waals surface area contributed by atoms with Crippen molar-refractivity contribution >= 4 is 28.3 Å². The maximum absolute atomic E-state index is 14.1. The lowest BCUT2D eigenvalue weighted by Gasteiger charge is -2.28. The summed E-state index contributed by atoms with van der Waals surface area (Å²) in [6.45, 7) is 6.51. The molecule has 0 aliphatic carbocycles. The van der Waals surface area contributed by atoms with Gasteiger partial charge in [0.15, 0.2) is 0 Å². The van der Waals surface area contributed by atoms with E-state index in [4.69, 9.17) is 4.74 Å². The molecule has 0 aliphatic rings. The van der Waals surface area contributed by atoms with Crippen LogP contribution in [0.3, 0.4) is 0 Å². The summed E-state index contributed by atoms with van der Waals surface area (Å²) in [5.74, 6) is -0.599. The first kappa shape index (κ1) is 16.6. The Hall–Kier alpha value is -1.43. The molecule has 1 unspecified atom stereocenters. The summed E-state index contributed by atoms with van der Waals surface area (Å²) in [5.41, 5.74) is -2.15. The Balaban J connectivity index is 3.06. The van der Waals surface area contributed by atoms with Crippen LogP contribution in [0.1, 0.15) is 33.3 Å². The van der Waals surface area contributed by atoms with Crippen molar-refractivity contribution in [2.75, 3.05) is 0 Å². The molecule has 0 aromatic heterocycles. The molecule has 0 saturated heterocycles. The number of rotatable bonds is 3. The van der Waals surface area contributed by atoms with Crippen LogP contribution in [0.2, 0.25) is 0 Å². The van der Waals surface area contributed by atoms with E-state index in [2.05, 4.69) is 21.2 Å². The maximum atomic E-state index is 14.1. The van der Waals surface area contributed by atoms with Gasteiger partial charge < -0.3 is 14.8 Å². The lowest BCUT2D eigenvalue weighted by Crippen LogP contribution is -2.47. The van der Waals surface area contributed by atoms with Crippen LogP contribution in [-0.2, 0) is 15.1 Å². The molecule has 20 heavy (non-hydrogen) atoms. The van der Waals surface area contributed by atoms with Gasteiger partial charge in [0.2, 0.25) is 0 Å². The van der Waals surface area contributed by atoms with E-state index >= 15 is 0 Å². The van der Waals surface area contributed by atoms with Gasteiger partial charge in [-0.1, -0.05) is 12.1 Å². The number of hydrogen-bond donors (Lipinski definition) is 1. The molecule has 1 N–H and O–H groups in total. The number of nitrogens with one attached hydrogen (secondary N) is 1. The quantitative estimate of drug-likeness (QED) is 0.852. The van der Waals surface area contributed by atoms with Gasteiger partial charge in [-0.2, -0.15) is 0 Å². The van der Waals surface area contributed by atoms with Gasteiger partial charge in [-0.3, -0.25) is 0 Å². The van der Waals surface area contributed by atoms with Gasteiger partial charge in [0.1, 0.15) is 23.2 Å². The Kier molecular flexibility index (Phi) is 4.91. The first-order chi connectivity index (χ1) is 9.09. The van der Waals surface area contributed by atoms with Crippen molar-refractivity contribution in [2.24, 2.45) is 0 Å². The first-order valence-corrected chi connectivity index (χ1v) is 6.80. The van der Waals surface area contributed by atoms with E-state index in [1.54, 1.807) is 26.8 Å². The molecule has 0 fully saturated rings. The lowest BCUT2D eigenvalue weighted by molar-refractivity contribution is -0.113. The number of ether oxygens (including phenoxy) is 1. The summed E-state index contributed by atoms with van der Waals surface area (Å²) in [7, 11) is 0. The highest BCUT2D eigenvalue weighted by Crippen LogP contribution is 2.27. The van der Waals surface area contributed by atoms with Crippen LogP contribution in [0.15, 0.2) is 22.7 Å². The maximum Gasteiger partial charge on any atom is 0.408 e. The molecule has 0 radical (unpaired) electrons. The zero-order valence-electron chi connectivity index (χ0n) is 11.8. The molecule has 0 saturated carbocycles. The number of benzene rings is 1. The normalized spacial score (nSPS) is 14.3. The largest absolute Gasteiger partial charge is 0.444 e. The smallest absolute Gasteiger partial charge is 0.408 e. The number of carbonyl (C=O) groups excluding carboxylic acids is 2. The minimum absolute atomic E-state index is 0.0627. The van der Waals surface area contributed by atoms with Gasteiger partial charge in [-0.15, -0.1) is 0 Å². The molecular formula is C14H17BrFNO3. The van der Waals surface area contributed by atoms with Crippen LogP contribution in [0.4, 0.5) is 9.18 Å². The van der Waals surface area contributed by atoms with E-state index in [0.29, 0.717) is 6.29 Å². The molecule has 1 aromatic rings. The molecule has 1 aromatic carbocycles. The molecule has 1 rings (SSSR count). The third-order valence-electron chi connectivity index (χ3n) is 2.51. The molecule has 0 spiro atoms. The fourth-order valence-electron chi connectivity index (χ4n) is 1.58. The minimum atomic E-state index is -1.50. The highest BCUT2D eigenvalue weighted by molar-refractivity contribution is 9.10. The summed E-state index contributed by atoms with van der Waals surface area (Å²) in [6.07, 6.45) is -0.312. The average Bonchev–Trinajstić information content (AvgIpc) is 2.29. The van der Waals surface area contributed by atoms with Gasteiger partial charge in [0, 0.05) is 5.56 Å². The Bertz CT molecular complexity index is 528. The van der Waals surface area contributed by atoms with Crippen LogP contribution in [-0.4, -0.2) is 18.0 Å². The molecule has 6 heteroatoms. The summed E-state index contributed by atoms with van der Waals surface area (Å²) in [6, 6.07) is 4.53. The van der Waals surface area contributed by atoms with E-state index in [9.17, 15) is 14.0 Å². The van der Waals surface area contributed by atoms with Crippen molar-refractivity contribution in [1.82, 2.24) is 5.32 Å². The number of amides is 1. The minimum Gasteiger partial charge on any atom is -0.444 e. The van der Waals surface area contributed by atoms with Gasteiger partial charge in [-0.25, -0.2) is 9.18 Å². The first-order valence-electron chi connectivity index (χ1n) is 6.01. The second kappa shape index (κ2) is 5.91. The van der Waals surface area contributed by atoms with Crippen molar-refractivity contribution in [3.63, 3.8) is 0 Å². The van der Waals surface area contributed by atoms with Crippen molar-refractivity contribution in [2.45, 2.75) is 38.8 Å². The molecule has 0 bridgehead atoms. The van der Waals surface area contributed by atoms with E-state index in [0.717, 1.165) is 0 Å². The summed E-state index contributed by atoms with van der Waals surface area (Å²) >= 11 is 3.05. The van der Waals surface area contributed by atoms with E-state index in [-0.39, 0.29) is 10.0 Å². The third-order valence-corrected chi connectivity index (χ3v) is 3.12. The van der Waals surface area contributed by atoms with Gasteiger partial charge in [0.05, 0.1) is 4.47 Å². The second-order valence-electron chi connectivity index (χ2n) is 5.55. The topological polar surface area (TPSA) is 55.4 Å². The average molecular weight is 346 g/mol. The monoisotopic (exact) mass is 345 g/mol. The van der Waals surface area contributed by atoms with E-state index in [1.165, 1.54) is 19.1 Å². The standard InChI is InChI=1S/C14H17BrFNO3/c1-13(2,3)20-12(19)17-14(4,8-18)9-6-5-7-10(15)11(9)16/h5-8H,1-4H3,(H,17,19). The van der Waals surface area contributed by atoms with Crippen LogP contribution in [0.25, 0.3) is 0 Å². The Morgan fingerprint density at radius 2 is 1.95 bits per heavy atom. The highest BCUT2D eigenvalue weighted by Gasteiger charge is 2.33. The van der Waals surface area contributed by atoms with Crippen molar-refractivity contribution in [1.29, 1.82) is 0 Å². The van der Waals surface area contributed by atoms with Crippen LogP contribution in [0.5, 0.6) is 0 Å². The van der Waals surface area contributed by atoms with Crippen LogP contribution in [0, 0.1) is 5.82 Å². The third kappa shape index (κ3) is 4.03. The van der Waals surface area contributed by atoms with Crippen molar-refractivity contribution < 1.29 is 18.7 Å². The second-order valence-corrected chi connectivity index (χ2v) is 6.40. The van der Waals surface area contributed by atoms with Crippen molar-refractivity contribution in [3.8, 4) is 0 Å². The fourth-order valence-corrected chi connectivity index (χ4v) is 1.95. The SMILES string of the molecule is CC(C)(C)OC(=O)NC(C)(C=O)c1cccc(Br)c1F. The van der Waals surface area contributed by atoms with Gasteiger partial charge in [-0.05, 0) is 49.7 Å². The van der Waals surface area contributed by atoms with E-state index in [1.807, 2.05) is 0 Å². The molecular weight excluding hydrogens is 329 g/mol. The van der Waals surface area contributed by atoms with Crippen LogP contribution < -0.4 is 5.32 Å². The Morgan fingerprint density at radius 3 is 2.45 bits per heavy atom. The van der Waals surface area contributed by atoms with E-state index < -0.39 is 23.1 Å². The number of aldehydes is 1. The highest BCUT2D eigenvalue weighted by atomic mass is 79.9. The number of hydrogen-bond acceptors (Lipinski definition) is 3. The Morgan fingerprint density at radius 1 is 1.35 bits per heavy atom. The fraction of sp³-hybridized carbons (Fsp3) is 0.429. The molecule has 1 amide bonds. The predicted molar refractivity (Wildman–Crippen MR) is 76.9 cm³/mol. The molecule has 1 atom stereocenters. The molecule has 0 aliphatic heterocycles. The molecule has 4 nitrogen and oxygen atoms in total.